The third-order valence-electron chi connectivity index (χ3n) is 5.22. The number of carbonyl (C=O) groups is 2. The number of hydrogen-bond donors (Lipinski definition) is 2. The Bertz CT molecular complexity index is 592. The van der Waals surface area contributed by atoms with Crippen LogP contribution in [0, 0.1) is 5.92 Å². The minimum atomic E-state index is -0.235. The molecule has 2 amide bonds. The first-order valence-electron chi connectivity index (χ1n) is 9.20. The number of nitrogens with one attached hydrogen (secondary N) is 2. The lowest BCUT2D eigenvalue weighted by molar-refractivity contribution is -0.130. The van der Waals surface area contributed by atoms with Crippen LogP contribution in [0.4, 0.5) is 0 Å². The van der Waals surface area contributed by atoms with Gasteiger partial charge in [-0.25, -0.2) is 0 Å². The zero-order valence-corrected chi connectivity index (χ0v) is 16.1. The predicted molar refractivity (Wildman–Crippen MR) is 104 cm³/mol. The third-order valence-corrected chi connectivity index (χ3v) is 5.22. The number of amides is 2. The zero-order chi connectivity index (χ0) is 17.6. The van der Waals surface area contributed by atoms with Crippen molar-refractivity contribution in [2.24, 2.45) is 5.92 Å². The van der Waals surface area contributed by atoms with Crippen molar-refractivity contribution in [3.63, 3.8) is 0 Å². The molecule has 0 aromatic heterocycles. The largest absolute Gasteiger partial charge is 0.355 e. The first-order chi connectivity index (χ1) is 12.1. The molecule has 1 aromatic rings. The van der Waals surface area contributed by atoms with Crippen molar-refractivity contribution < 1.29 is 9.59 Å². The Morgan fingerprint density at radius 3 is 2.65 bits per heavy atom. The molecule has 2 aliphatic heterocycles. The molecule has 0 aliphatic carbocycles. The van der Waals surface area contributed by atoms with Crippen LogP contribution in [0.2, 0.25) is 0 Å². The van der Waals surface area contributed by atoms with E-state index in [1.807, 2.05) is 42.2 Å². The van der Waals surface area contributed by atoms with Crippen LogP contribution in [0.3, 0.4) is 0 Å². The highest BCUT2D eigenvalue weighted by Crippen LogP contribution is 2.28. The minimum Gasteiger partial charge on any atom is -0.355 e. The number of hydrogen-bond acceptors (Lipinski definition) is 4. The first kappa shape index (κ1) is 20.7. The van der Waals surface area contributed by atoms with E-state index in [0.29, 0.717) is 19.5 Å². The van der Waals surface area contributed by atoms with Crippen molar-refractivity contribution in [1.82, 2.24) is 20.4 Å². The van der Waals surface area contributed by atoms with Gasteiger partial charge in [-0.15, -0.1) is 12.4 Å². The van der Waals surface area contributed by atoms with E-state index in [4.69, 9.17) is 0 Å². The van der Waals surface area contributed by atoms with E-state index >= 15 is 0 Å². The Morgan fingerprint density at radius 1 is 1.27 bits per heavy atom. The number of likely N-dealkylation sites (tertiary alicyclic amines) is 1. The Morgan fingerprint density at radius 2 is 1.96 bits per heavy atom. The van der Waals surface area contributed by atoms with E-state index in [-0.39, 0.29) is 36.2 Å². The van der Waals surface area contributed by atoms with E-state index < -0.39 is 0 Å². The third kappa shape index (κ3) is 5.19. The number of rotatable bonds is 6. The van der Waals surface area contributed by atoms with Crippen molar-refractivity contribution in [2.45, 2.75) is 19.4 Å². The van der Waals surface area contributed by atoms with Crippen molar-refractivity contribution in [2.75, 3.05) is 45.8 Å². The maximum atomic E-state index is 12.4. The lowest BCUT2D eigenvalue weighted by Gasteiger charge is -2.27. The lowest BCUT2D eigenvalue weighted by Crippen LogP contribution is -2.46. The molecule has 1 aromatic carbocycles. The topological polar surface area (TPSA) is 64.7 Å². The van der Waals surface area contributed by atoms with Gasteiger partial charge in [0.15, 0.2) is 0 Å². The zero-order valence-electron chi connectivity index (χ0n) is 15.3. The molecule has 7 heteroatoms. The standard InChI is InChI=1S/C19H28N4O2.ClH/c1-15(16-5-3-2-4-6-16)23-14-17(13-18(23)24)19(25)21-9-12-22-10-7-20-8-11-22;/h2-6,15,17,20H,7-14H2,1H3,(H,21,25);1H. The summed E-state index contributed by atoms with van der Waals surface area (Å²) >= 11 is 0. The molecule has 2 fully saturated rings. The molecular formula is C19H29ClN4O2. The van der Waals surface area contributed by atoms with E-state index in [2.05, 4.69) is 15.5 Å². The summed E-state index contributed by atoms with van der Waals surface area (Å²) < 4.78 is 0. The Kier molecular flexibility index (Phi) is 7.87. The lowest BCUT2D eigenvalue weighted by atomic mass is 10.1. The van der Waals surface area contributed by atoms with E-state index in [0.717, 1.165) is 38.3 Å². The quantitative estimate of drug-likeness (QED) is 0.774. The van der Waals surface area contributed by atoms with E-state index in [1.54, 1.807) is 0 Å². The molecule has 2 aliphatic rings. The molecule has 2 saturated heterocycles. The molecule has 0 radical (unpaired) electrons. The van der Waals surface area contributed by atoms with Gasteiger partial charge in [-0.1, -0.05) is 30.3 Å². The molecule has 0 saturated carbocycles. The molecule has 2 atom stereocenters. The summed E-state index contributed by atoms with van der Waals surface area (Å²) in [5.74, 6) is -0.161. The molecule has 0 bridgehead atoms. The van der Waals surface area contributed by atoms with Gasteiger partial charge >= 0.3 is 0 Å². The Hall–Kier alpha value is -1.63. The molecule has 6 nitrogen and oxygen atoms in total. The first-order valence-corrected chi connectivity index (χ1v) is 9.20. The summed E-state index contributed by atoms with van der Waals surface area (Å²) in [6.45, 7) is 8.14. The van der Waals surface area contributed by atoms with Gasteiger partial charge in [-0.05, 0) is 12.5 Å². The molecule has 2 unspecified atom stereocenters. The van der Waals surface area contributed by atoms with Crippen LogP contribution < -0.4 is 10.6 Å². The number of carbonyl (C=O) groups excluding carboxylic acids is 2. The van der Waals surface area contributed by atoms with Crippen molar-refractivity contribution in [1.29, 1.82) is 0 Å². The van der Waals surface area contributed by atoms with E-state index in [9.17, 15) is 9.59 Å². The highest BCUT2D eigenvalue weighted by atomic mass is 35.5. The Labute approximate surface area is 161 Å². The molecule has 144 valence electrons. The molecule has 0 spiro atoms. The van der Waals surface area contributed by atoms with Crippen molar-refractivity contribution in [3.05, 3.63) is 35.9 Å². The number of halogens is 1. The smallest absolute Gasteiger partial charge is 0.225 e. The highest BCUT2D eigenvalue weighted by Gasteiger charge is 2.36. The van der Waals surface area contributed by atoms with Gasteiger partial charge < -0.3 is 15.5 Å². The molecular weight excluding hydrogens is 352 g/mol. The second-order valence-electron chi connectivity index (χ2n) is 6.92. The summed E-state index contributed by atoms with van der Waals surface area (Å²) in [6.07, 6.45) is 0.316. The second-order valence-corrected chi connectivity index (χ2v) is 6.92. The Balaban J connectivity index is 0.00000243. The van der Waals surface area contributed by atoms with Gasteiger partial charge in [0.1, 0.15) is 0 Å². The number of piperazine rings is 1. The van der Waals surface area contributed by atoms with Gasteiger partial charge in [-0.2, -0.15) is 0 Å². The van der Waals surface area contributed by atoms with Crippen LogP contribution in [0.5, 0.6) is 0 Å². The number of nitrogens with zero attached hydrogens (tertiary/aromatic N) is 2. The normalized spacial score (nSPS) is 22.0. The van der Waals surface area contributed by atoms with Gasteiger partial charge in [0, 0.05) is 52.2 Å². The van der Waals surface area contributed by atoms with Crippen LogP contribution in [-0.4, -0.2) is 67.4 Å². The van der Waals surface area contributed by atoms with Crippen molar-refractivity contribution >= 4 is 24.2 Å². The fraction of sp³-hybridized carbons (Fsp3) is 0.579. The van der Waals surface area contributed by atoms with Gasteiger partial charge in [-0.3, -0.25) is 14.5 Å². The summed E-state index contributed by atoms with van der Waals surface area (Å²) in [4.78, 5) is 28.9. The summed E-state index contributed by atoms with van der Waals surface area (Å²) in [6, 6.07) is 9.99. The van der Waals surface area contributed by atoms with Crippen molar-refractivity contribution in [3.8, 4) is 0 Å². The molecule has 3 rings (SSSR count). The SMILES string of the molecule is CC(c1ccccc1)N1CC(C(=O)NCCN2CCNCC2)CC1=O.Cl. The second kappa shape index (κ2) is 9.90. The fourth-order valence-corrected chi connectivity index (χ4v) is 3.61. The molecule has 2 N–H and O–H groups in total. The highest BCUT2D eigenvalue weighted by molar-refractivity contribution is 5.89. The van der Waals surface area contributed by atoms with Crippen LogP contribution >= 0.6 is 12.4 Å². The van der Waals surface area contributed by atoms with E-state index in [1.165, 1.54) is 0 Å². The average Bonchev–Trinajstić information content (AvgIpc) is 3.04. The molecule has 26 heavy (non-hydrogen) atoms. The van der Waals surface area contributed by atoms with Crippen LogP contribution in [-0.2, 0) is 9.59 Å². The summed E-state index contributed by atoms with van der Waals surface area (Å²) in [7, 11) is 0. The van der Waals surface area contributed by atoms with Crippen LogP contribution in [0.1, 0.15) is 24.9 Å². The van der Waals surface area contributed by atoms with Gasteiger partial charge in [0.25, 0.3) is 0 Å². The van der Waals surface area contributed by atoms with Crippen LogP contribution in [0.25, 0.3) is 0 Å². The maximum Gasteiger partial charge on any atom is 0.225 e. The molecule has 2 heterocycles. The monoisotopic (exact) mass is 380 g/mol. The fourth-order valence-electron chi connectivity index (χ4n) is 3.61. The van der Waals surface area contributed by atoms with Crippen LogP contribution in [0.15, 0.2) is 30.3 Å². The van der Waals surface area contributed by atoms with Gasteiger partial charge in [0.05, 0.1) is 12.0 Å². The summed E-state index contributed by atoms with van der Waals surface area (Å²) in [5, 5.41) is 6.33. The van der Waals surface area contributed by atoms with Gasteiger partial charge in [0.2, 0.25) is 11.8 Å². The average molecular weight is 381 g/mol. The predicted octanol–water partition coefficient (Wildman–Crippen LogP) is 1.04. The minimum absolute atomic E-state index is 0. The summed E-state index contributed by atoms with van der Waals surface area (Å²) in [5.41, 5.74) is 1.11. The number of benzene rings is 1. The maximum absolute atomic E-state index is 12.4.